The second kappa shape index (κ2) is 11.7. The van der Waals surface area contributed by atoms with Crippen molar-refractivity contribution in [1.82, 2.24) is 0 Å². The number of carbonyl (C=O) groups is 2. The number of hydrogen-bond donors (Lipinski definition) is 2. The first kappa shape index (κ1) is 26.7. The second-order valence-corrected chi connectivity index (χ2v) is 9.90. The third-order valence-corrected chi connectivity index (χ3v) is 6.54. The summed E-state index contributed by atoms with van der Waals surface area (Å²) in [6.45, 7) is 8.27. The summed E-state index contributed by atoms with van der Waals surface area (Å²) < 4.78 is 4.93. The summed E-state index contributed by atoms with van der Waals surface area (Å²) in [5, 5.41) is 16.6. The number of carbonyl (C=O) groups excluding carboxylic acids is 2. The Bertz CT molecular complexity index is 1250. The number of urea groups is 1. The summed E-state index contributed by atoms with van der Waals surface area (Å²) in [6.07, 6.45) is 0. The van der Waals surface area contributed by atoms with Gasteiger partial charge in [-0.25, -0.2) is 9.59 Å². The number of benzene rings is 3. The lowest BCUT2D eigenvalue weighted by atomic mass is 9.93. The van der Waals surface area contributed by atoms with E-state index in [2.05, 4.69) is 38.3 Å². The molecule has 0 aliphatic rings. The molecule has 0 aliphatic heterocycles. The van der Waals surface area contributed by atoms with Crippen molar-refractivity contribution >= 4 is 40.8 Å². The summed E-state index contributed by atoms with van der Waals surface area (Å²) >= 11 is 1.33. The fourth-order valence-electron chi connectivity index (χ4n) is 3.71. The maximum Gasteiger partial charge on any atom is 0.340 e. The molecule has 0 heterocycles. The number of esters is 1. The molecule has 2 amide bonds. The molecule has 9 heteroatoms. The Balaban J connectivity index is 1.86. The van der Waals surface area contributed by atoms with Gasteiger partial charge in [0, 0.05) is 27.6 Å². The van der Waals surface area contributed by atoms with E-state index < -0.39 is 16.9 Å². The van der Waals surface area contributed by atoms with Gasteiger partial charge in [0.05, 0.1) is 23.3 Å². The summed E-state index contributed by atoms with van der Waals surface area (Å²) in [7, 11) is 1.27. The van der Waals surface area contributed by atoms with E-state index in [0.29, 0.717) is 10.6 Å². The zero-order valence-electron chi connectivity index (χ0n) is 20.8. The van der Waals surface area contributed by atoms with E-state index in [-0.39, 0.29) is 23.1 Å². The first-order valence-corrected chi connectivity index (χ1v) is 12.3. The molecule has 0 radical (unpaired) electrons. The van der Waals surface area contributed by atoms with Gasteiger partial charge in [0.25, 0.3) is 5.69 Å². The highest BCUT2D eigenvalue weighted by molar-refractivity contribution is 7.99. The van der Waals surface area contributed by atoms with Gasteiger partial charge in [-0.1, -0.05) is 57.7 Å². The Kier molecular flexibility index (Phi) is 8.71. The summed E-state index contributed by atoms with van der Waals surface area (Å²) in [5.74, 6) is -0.178. The van der Waals surface area contributed by atoms with Crippen molar-refractivity contribution in [2.45, 2.75) is 49.3 Å². The maximum absolute atomic E-state index is 13.0. The number of para-hydroxylation sites is 1. The van der Waals surface area contributed by atoms with Crippen LogP contribution in [0.15, 0.2) is 70.5 Å². The van der Waals surface area contributed by atoms with Crippen LogP contribution in [0.3, 0.4) is 0 Å². The SMILES string of the molecule is COC(=O)c1cc(Sc2ccc([N+](=O)[O-])cc2)ccc1NC(=O)Nc1c(C(C)C)cccc1C(C)C. The van der Waals surface area contributed by atoms with Crippen LogP contribution in [-0.2, 0) is 4.74 Å². The highest BCUT2D eigenvalue weighted by atomic mass is 32.2. The number of non-ortho nitro benzene ring substituents is 1. The molecular weight excluding hydrogens is 478 g/mol. The monoisotopic (exact) mass is 507 g/mol. The number of rotatable bonds is 8. The molecular formula is C27H29N3O5S. The summed E-state index contributed by atoms with van der Waals surface area (Å²) in [5.41, 5.74) is 3.32. The number of nitro groups is 1. The molecule has 3 aromatic rings. The van der Waals surface area contributed by atoms with Gasteiger partial charge in [-0.3, -0.25) is 10.1 Å². The average Bonchev–Trinajstić information content (AvgIpc) is 2.84. The van der Waals surface area contributed by atoms with Gasteiger partial charge in [-0.05, 0) is 53.3 Å². The number of nitrogens with zero attached hydrogens (tertiary/aromatic N) is 1. The lowest BCUT2D eigenvalue weighted by Gasteiger charge is -2.20. The second-order valence-electron chi connectivity index (χ2n) is 8.75. The highest BCUT2D eigenvalue weighted by Gasteiger charge is 2.19. The number of methoxy groups -OCH3 is 1. The molecule has 0 saturated heterocycles. The van der Waals surface area contributed by atoms with E-state index in [1.165, 1.54) is 31.0 Å². The van der Waals surface area contributed by atoms with Crippen molar-refractivity contribution in [3.05, 3.63) is 87.5 Å². The third-order valence-electron chi connectivity index (χ3n) is 5.54. The number of hydrogen-bond acceptors (Lipinski definition) is 6. The molecule has 0 atom stereocenters. The van der Waals surface area contributed by atoms with Crippen LogP contribution in [0.2, 0.25) is 0 Å². The zero-order valence-corrected chi connectivity index (χ0v) is 21.6. The van der Waals surface area contributed by atoms with E-state index in [9.17, 15) is 19.7 Å². The van der Waals surface area contributed by atoms with E-state index in [0.717, 1.165) is 21.7 Å². The molecule has 0 aromatic heterocycles. The molecule has 0 spiro atoms. The van der Waals surface area contributed by atoms with E-state index in [1.54, 1.807) is 30.3 Å². The predicted octanol–water partition coefficient (Wildman–Crippen LogP) is 7.42. The Morgan fingerprint density at radius 2 is 1.47 bits per heavy atom. The van der Waals surface area contributed by atoms with Crippen LogP contribution >= 0.6 is 11.8 Å². The Hall–Kier alpha value is -3.85. The number of nitrogens with one attached hydrogen (secondary N) is 2. The minimum absolute atomic E-state index is 0.000162. The average molecular weight is 508 g/mol. The van der Waals surface area contributed by atoms with E-state index in [1.807, 2.05) is 18.2 Å². The maximum atomic E-state index is 13.0. The fourth-order valence-corrected chi connectivity index (χ4v) is 4.57. The zero-order chi connectivity index (χ0) is 26.4. The quantitative estimate of drug-likeness (QED) is 0.186. The van der Waals surface area contributed by atoms with Crippen molar-refractivity contribution in [2.75, 3.05) is 17.7 Å². The summed E-state index contributed by atoms with van der Waals surface area (Å²) in [4.78, 5) is 37.4. The molecule has 36 heavy (non-hydrogen) atoms. The van der Waals surface area contributed by atoms with Crippen molar-refractivity contribution < 1.29 is 19.2 Å². The van der Waals surface area contributed by atoms with Gasteiger partial charge in [0.1, 0.15) is 0 Å². The van der Waals surface area contributed by atoms with Crippen LogP contribution in [0.4, 0.5) is 21.9 Å². The van der Waals surface area contributed by atoms with Crippen LogP contribution in [0.1, 0.15) is 61.0 Å². The molecule has 188 valence electrons. The number of ether oxygens (including phenoxy) is 1. The lowest BCUT2D eigenvalue weighted by Crippen LogP contribution is -2.23. The third kappa shape index (κ3) is 6.42. The number of anilines is 2. The van der Waals surface area contributed by atoms with Gasteiger partial charge >= 0.3 is 12.0 Å². The van der Waals surface area contributed by atoms with Gasteiger partial charge in [-0.15, -0.1) is 0 Å². The number of amides is 2. The molecule has 0 unspecified atom stereocenters. The van der Waals surface area contributed by atoms with Crippen molar-refractivity contribution in [3.63, 3.8) is 0 Å². The molecule has 0 saturated carbocycles. The van der Waals surface area contributed by atoms with Crippen molar-refractivity contribution in [3.8, 4) is 0 Å². The molecule has 3 aromatic carbocycles. The first-order valence-electron chi connectivity index (χ1n) is 11.5. The van der Waals surface area contributed by atoms with Crippen LogP contribution in [0, 0.1) is 10.1 Å². The Morgan fingerprint density at radius 1 is 0.889 bits per heavy atom. The van der Waals surface area contributed by atoms with Gasteiger partial charge in [0.2, 0.25) is 0 Å². The van der Waals surface area contributed by atoms with E-state index in [4.69, 9.17) is 4.74 Å². The Labute approximate surface area is 214 Å². The van der Waals surface area contributed by atoms with Crippen LogP contribution in [-0.4, -0.2) is 24.0 Å². The van der Waals surface area contributed by atoms with Gasteiger partial charge in [0.15, 0.2) is 0 Å². The molecule has 8 nitrogen and oxygen atoms in total. The fraction of sp³-hybridized carbons (Fsp3) is 0.259. The molecule has 0 aliphatic carbocycles. The predicted molar refractivity (Wildman–Crippen MR) is 142 cm³/mol. The number of nitro benzene ring substituents is 1. The largest absolute Gasteiger partial charge is 0.465 e. The molecule has 2 N–H and O–H groups in total. The molecule has 3 rings (SSSR count). The lowest BCUT2D eigenvalue weighted by molar-refractivity contribution is -0.384. The normalized spacial score (nSPS) is 10.9. The first-order chi connectivity index (χ1) is 17.1. The minimum Gasteiger partial charge on any atom is -0.465 e. The van der Waals surface area contributed by atoms with Crippen LogP contribution < -0.4 is 10.6 Å². The smallest absolute Gasteiger partial charge is 0.340 e. The van der Waals surface area contributed by atoms with Crippen molar-refractivity contribution in [1.29, 1.82) is 0 Å². The highest BCUT2D eigenvalue weighted by Crippen LogP contribution is 2.34. The van der Waals surface area contributed by atoms with Crippen LogP contribution in [0.5, 0.6) is 0 Å². The van der Waals surface area contributed by atoms with Crippen molar-refractivity contribution in [2.24, 2.45) is 0 Å². The van der Waals surface area contributed by atoms with Gasteiger partial charge in [-0.2, -0.15) is 0 Å². The standard InChI is InChI=1S/C27H29N3O5S/c1-16(2)21-7-6-8-22(17(3)4)25(21)29-27(32)28-24-14-13-20(15-23(24)26(31)35-5)36-19-11-9-18(10-12-19)30(33)34/h6-17H,1-5H3,(H2,28,29,32). The minimum atomic E-state index is -0.595. The van der Waals surface area contributed by atoms with Gasteiger partial charge < -0.3 is 15.4 Å². The topological polar surface area (TPSA) is 111 Å². The van der Waals surface area contributed by atoms with E-state index >= 15 is 0 Å². The summed E-state index contributed by atoms with van der Waals surface area (Å²) in [6, 6.07) is 16.6. The van der Waals surface area contributed by atoms with Crippen LogP contribution in [0.25, 0.3) is 0 Å². The molecule has 0 bridgehead atoms. The Morgan fingerprint density at radius 3 is 2.00 bits per heavy atom. The molecule has 0 fully saturated rings.